The van der Waals surface area contributed by atoms with Gasteiger partial charge in [-0.15, -0.1) is 0 Å². The van der Waals surface area contributed by atoms with Crippen LogP contribution in [0.1, 0.15) is 12.0 Å². The molecule has 0 aromatic heterocycles. The van der Waals surface area contributed by atoms with Crippen LogP contribution in [0.3, 0.4) is 0 Å². The fourth-order valence-corrected chi connectivity index (χ4v) is 1.96. The summed E-state index contributed by atoms with van der Waals surface area (Å²) in [5.74, 6) is -0.264. The Hall–Kier alpha value is -2.58. The summed E-state index contributed by atoms with van der Waals surface area (Å²) in [5, 5.41) is 11.3. The maximum Gasteiger partial charge on any atom is 0.238 e. The number of carbonyl (C=O) groups excluding carboxylic acids is 1. The van der Waals surface area contributed by atoms with Crippen LogP contribution < -0.4 is 10.1 Å². The van der Waals surface area contributed by atoms with Gasteiger partial charge in [0.2, 0.25) is 5.91 Å². The predicted octanol–water partition coefficient (Wildman–Crippen LogP) is 3.91. The Labute approximate surface area is 132 Å². The summed E-state index contributed by atoms with van der Waals surface area (Å²) in [7, 11) is 0. The number of hydrogen-bond donors (Lipinski definition) is 1. The Morgan fingerprint density at radius 1 is 1.32 bits per heavy atom. The molecule has 0 aliphatic carbocycles. The SMILES string of the molecule is N#CCC(=O)Nc1ccc(OCc2cccc(F)c2)cc1Cl. The van der Waals surface area contributed by atoms with E-state index in [1.165, 1.54) is 12.1 Å². The zero-order chi connectivity index (χ0) is 15.9. The average molecular weight is 319 g/mol. The van der Waals surface area contributed by atoms with Crippen molar-refractivity contribution >= 4 is 23.2 Å². The molecule has 0 spiro atoms. The second-order valence-electron chi connectivity index (χ2n) is 4.44. The van der Waals surface area contributed by atoms with E-state index in [9.17, 15) is 9.18 Å². The molecule has 0 saturated heterocycles. The van der Waals surface area contributed by atoms with Gasteiger partial charge >= 0.3 is 0 Å². The van der Waals surface area contributed by atoms with Crippen LogP contribution in [-0.4, -0.2) is 5.91 Å². The molecule has 0 radical (unpaired) electrons. The summed E-state index contributed by atoms with van der Waals surface area (Å²) in [6.45, 7) is 0.203. The summed E-state index contributed by atoms with van der Waals surface area (Å²) >= 11 is 6.04. The van der Waals surface area contributed by atoms with Crippen LogP contribution in [0.15, 0.2) is 42.5 Å². The van der Waals surface area contributed by atoms with Crippen molar-refractivity contribution in [3.63, 3.8) is 0 Å². The first-order chi connectivity index (χ1) is 10.6. The van der Waals surface area contributed by atoms with Crippen molar-refractivity contribution in [2.24, 2.45) is 0 Å². The average Bonchev–Trinajstić information content (AvgIpc) is 2.48. The molecular formula is C16H12ClFN2O2. The molecule has 1 N–H and O–H groups in total. The number of benzene rings is 2. The molecule has 112 valence electrons. The van der Waals surface area contributed by atoms with Gasteiger partial charge in [0, 0.05) is 6.07 Å². The zero-order valence-electron chi connectivity index (χ0n) is 11.5. The number of nitrogens with one attached hydrogen (secondary N) is 1. The van der Waals surface area contributed by atoms with E-state index in [1.54, 1.807) is 36.4 Å². The summed E-state index contributed by atoms with van der Waals surface area (Å²) in [4.78, 5) is 11.3. The van der Waals surface area contributed by atoms with Crippen molar-refractivity contribution in [2.75, 3.05) is 5.32 Å². The summed E-state index contributed by atoms with van der Waals surface area (Å²) in [6.07, 6.45) is -0.242. The van der Waals surface area contributed by atoms with Gasteiger partial charge in [-0.05, 0) is 29.8 Å². The van der Waals surface area contributed by atoms with Crippen molar-refractivity contribution in [3.05, 3.63) is 58.9 Å². The maximum atomic E-state index is 13.1. The number of amides is 1. The highest BCUT2D eigenvalue weighted by Gasteiger charge is 2.07. The number of hydrogen-bond acceptors (Lipinski definition) is 3. The zero-order valence-corrected chi connectivity index (χ0v) is 12.2. The monoisotopic (exact) mass is 318 g/mol. The molecule has 0 fully saturated rings. The van der Waals surface area contributed by atoms with E-state index >= 15 is 0 Å². The number of carbonyl (C=O) groups is 1. The van der Waals surface area contributed by atoms with E-state index in [2.05, 4.69) is 5.32 Å². The number of rotatable bonds is 5. The Bertz CT molecular complexity index is 728. The second-order valence-corrected chi connectivity index (χ2v) is 4.85. The largest absolute Gasteiger partial charge is 0.489 e. The molecule has 0 bridgehead atoms. The fourth-order valence-electron chi connectivity index (χ4n) is 1.75. The molecule has 2 aromatic rings. The van der Waals surface area contributed by atoms with Crippen molar-refractivity contribution in [1.82, 2.24) is 0 Å². The van der Waals surface area contributed by atoms with Crippen LogP contribution in [0, 0.1) is 17.1 Å². The van der Waals surface area contributed by atoms with Gasteiger partial charge < -0.3 is 10.1 Å². The van der Waals surface area contributed by atoms with Crippen LogP contribution in [0.5, 0.6) is 5.75 Å². The van der Waals surface area contributed by atoms with Gasteiger partial charge in [-0.1, -0.05) is 23.7 Å². The smallest absolute Gasteiger partial charge is 0.238 e. The van der Waals surface area contributed by atoms with E-state index in [4.69, 9.17) is 21.6 Å². The molecule has 2 rings (SSSR count). The number of anilines is 1. The minimum Gasteiger partial charge on any atom is -0.489 e. The van der Waals surface area contributed by atoms with Crippen molar-refractivity contribution in [3.8, 4) is 11.8 Å². The van der Waals surface area contributed by atoms with Crippen molar-refractivity contribution < 1.29 is 13.9 Å². The van der Waals surface area contributed by atoms with Gasteiger partial charge in [0.15, 0.2) is 0 Å². The minimum atomic E-state index is -0.433. The molecule has 4 nitrogen and oxygen atoms in total. The lowest BCUT2D eigenvalue weighted by Gasteiger charge is -2.10. The predicted molar refractivity (Wildman–Crippen MR) is 81.0 cm³/mol. The van der Waals surface area contributed by atoms with Gasteiger partial charge in [0.1, 0.15) is 24.6 Å². The van der Waals surface area contributed by atoms with Crippen molar-refractivity contribution in [2.45, 2.75) is 13.0 Å². The lowest BCUT2D eigenvalue weighted by Crippen LogP contribution is -2.10. The standard InChI is InChI=1S/C16H12ClFN2O2/c17-14-9-13(4-5-15(14)20-16(21)6-7-19)22-10-11-2-1-3-12(18)8-11/h1-5,8-9H,6,10H2,(H,20,21). The fraction of sp³-hybridized carbons (Fsp3) is 0.125. The Morgan fingerprint density at radius 3 is 2.82 bits per heavy atom. The number of nitriles is 1. The Morgan fingerprint density at radius 2 is 2.14 bits per heavy atom. The summed E-state index contributed by atoms with van der Waals surface area (Å²) < 4.78 is 18.6. The highest BCUT2D eigenvalue weighted by atomic mass is 35.5. The highest BCUT2D eigenvalue weighted by Crippen LogP contribution is 2.27. The maximum absolute atomic E-state index is 13.1. The minimum absolute atomic E-state index is 0.203. The van der Waals surface area contributed by atoms with Crippen molar-refractivity contribution in [1.29, 1.82) is 5.26 Å². The molecule has 0 atom stereocenters. The topological polar surface area (TPSA) is 62.1 Å². The van der Waals surface area contributed by atoms with E-state index in [1.807, 2.05) is 0 Å². The van der Waals surface area contributed by atoms with E-state index in [0.717, 1.165) is 0 Å². The molecule has 22 heavy (non-hydrogen) atoms. The summed E-state index contributed by atoms with van der Waals surface area (Å²) in [6, 6.07) is 12.6. The molecule has 2 aromatic carbocycles. The van der Waals surface area contributed by atoms with Gasteiger partial charge in [-0.2, -0.15) is 5.26 Å². The first kappa shape index (κ1) is 15.8. The van der Waals surface area contributed by atoms with E-state index in [0.29, 0.717) is 22.0 Å². The first-order valence-corrected chi connectivity index (χ1v) is 6.80. The van der Waals surface area contributed by atoms with Gasteiger partial charge in [0.25, 0.3) is 0 Å². The normalized spacial score (nSPS) is 9.86. The van der Waals surface area contributed by atoms with Crippen LogP contribution in [-0.2, 0) is 11.4 Å². The third-order valence-electron chi connectivity index (χ3n) is 2.75. The second kappa shape index (κ2) is 7.43. The lowest BCUT2D eigenvalue weighted by molar-refractivity contribution is -0.115. The Balaban J connectivity index is 2.00. The third kappa shape index (κ3) is 4.47. The van der Waals surface area contributed by atoms with Gasteiger partial charge in [0.05, 0.1) is 16.8 Å². The molecule has 0 heterocycles. The molecule has 0 aliphatic rings. The number of halogens is 2. The van der Waals surface area contributed by atoms with E-state index in [-0.39, 0.29) is 18.8 Å². The Kier molecular flexibility index (Phi) is 5.34. The molecule has 0 aliphatic heterocycles. The molecular weight excluding hydrogens is 307 g/mol. The first-order valence-electron chi connectivity index (χ1n) is 6.42. The molecule has 6 heteroatoms. The van der Waals surface area contributed by atoms with Crippen LogP contribution in [0.2, 0.25) is 5.02 Å². The van der Waals surface area contributed by atoms with Crippen LogP contribution in [0.25, 0.3) is 0 Å². The van der Waals surface area contributed by atoms with E-state index < -0.39 is 5.91 Å². The highest BCUT2D eigenvalue weighted by molar-refractivity contribution is 6.33. The molecule has 0 unspecified atom stereocenters. The lowest BCUT2D eigenvalue weighted by atomic mass is 10.2. The van der Waals surface area contributed by atoms with Crippen LogP contribution in [0.4, 0.5) is 10.1 Å². The quantitative estimate of drug-likeness (QED) is 0.909. The van der Waals surface area contributed by atoms with Gasteiger partial charge in [-0.25, -0.2) is 4.39 Å². The summed E-state index contributed by atoms with van der Waals surface area (Å²) in [5.41, 5.74) is 1.10. The van der Waals surface area contributed by atoms with Crippen LogP contribution >= 0.6 is 11.6 Å². The number of nitrogens with zero attached hydrogens (tertiary/aromatic N) is 1. The molecule has 1 amide bonds. The number of ether oxygens (including phenoxy) is 1. The third-order valence-corrected chi connectivity index (χ3v) is 3.06. The molecule has 0 saturated carbocycles. The van der Waals surface area contributed by atoms with Gasteiger partial charge in [-0.3, -0.25) is 4.79 Å².